The fourth-order valence-corrected chi connectivity index (χ4v) is 1.88. The molecule has 7 heteroatoms. The molecule has 0 radical (unpaired) electrons. The van der Waals surface area contributed by atoms with Crippen molar-refractivity contribution in [3.63, 3.8) is 0 Å². The van der Waals surface area contributed by atoms with Gasteiger partial charge < -0.3 is 10.2 Å². The van der Waals surface area contributed by atoms with E-state index in [0.717, 1.165) is 31.7 Å². The molecule has 1 aromatic rings. The summed E-state index contributed by atoms with van der Waals surface area (Å²) in [6, 6.07) is 3.58. The molecule has 2 amide bonds. The van der Waals surface area contributed by atoms with Gasteiger partial charge in [0.15, 0.2) is 0 Å². The van der Waals surface area contributed by atoms with Gasteiger partial charge in [-0.15, -0.1) is 0 Å². The smallest absolute Gasteiger partial charge is 0.323 e. The summed E-state index contributed by atoms with van der Waals surface area (Å²) >= 11 is 0. The molecule has 108 valence electrons. The molecule has 20 heavy (non-hydrogen) atoms. The summed E-state index contributed by atoms with van der Waals surface area (Å²) in [6.45, 7) is 3.51. The quantitative estimate of drug-likeness (QED) is 0.691. The average Bonchev–Trinajstić information content (AvgIpc) is 2.48. The largest absolute Gasteiger partial charge is 0.344 e. The molecule has 0 unspecified atom stereocenters. The first-order valence-electron chi connectivity index (χ1n) is 6.56. The number of amides is 2. The van der Waals surface area contributed by atoms with Crippen molar-refractivity contribution in [3.05, 3.63) is 30.1 Å². The summed E-state index contributed by atoms with van der Waals surface area (Å²) in [7, 11) is 2.03. The van der Waals surface area contributed by atoms with Crippen LogP contribution in [0.5, 0.6) is 0 Å². The first kappa shape index (κ1) is 14.4. The third-order valence-corrected chi connectivity index (χ3v) is 3.17. The lowest BCUT2D eigenvalue weighted by atomic mass is 10.3. The average molecular weight is 277 g/mol. The van der Waals surface area contributed by atoms with Crippen molar-refractivity contribution in [2.45, 2.75) is 6.54 Å². The van der Waals surface area contributed by atoms with Crippen LogP contribution in [-0.2, 0) is 16.1 Å². The standard InChI is InChI=1S/C13H19N5O2/c1-17-6-8-18(9-7-17)16-13(20)12(19)15-10-11-2-4-14-5-3-11/h2-5H,6-10H2,1H3,(H,15,19)(H,16,20). The third kappa shape index (κ3) is 4.29. The molecule has 2 N–H and O–H groups in total. The van der Waals surface area contributed by atoms with E-state index in [1.54, 1.807) is 29.5 Å². The van der Waals surface area contributed by atoms with Crippen molar-refractivity contribution in [3.8, 4) is 0 Å². The van der Waals surface area contributed by atoms with Crippen molar-refractivity contribution in [1.29, 1.82) is 0 Å². The zero-order valence-corrected chi connectivity index (χ0v) is 11.5. The Morgan fingerprint density at radius 3 is 2.45 bits per heavy atom. The van der Waals surface area contributed by atoms with Crippen molar-refractivity contribution in [1.82, 2.24) is 25.6 Å². The number of likely N-dealkylation sites (N-methyl/N-ethyl adjacent to an activating group) is 1. The van der Waals surface area contributed by atoms with Gasteiger partial charge in [0, 0.05) is 45.1 Å². The maximum Gasteiger partial charge on any atom is 0.323 e. The van der Waals surface area contributed by atoms with E-state index in [1.165, 1.54) is 0 Å². The highest BCUT2D eigenvalue weighted by molar-refractivity contribution is 6.34. The maximum atomic E-state index is 11.7. The fraction of sp³-hybridized carbons (Fsp3) is 0.462. The van der Waals surface area contributed by atoms with E-state index in [9.17, 15) is 9.59 Å². The van der Waals surface area contributed by atoms with Crippen LogP contribution in [0.1, 0.15) is 5.56 Å². The topological polar surface area (TPSA) is 77.6 Å². The van der Waals surface area contributed by atoms with Crippen LogP contribution in [0.2, 0.25) is 0 Å². The third-order valence-electron chi connectivity index (χ3n) is 3.17. The van der Waals surface area contributed by atoms with Crippen LogP contribution in [0.4, 0.5) is 0 Å². The van der Waals surface area contributed by atoms with Gasteiger partial charge in [0.25, 0.3) is 0 Å². The molecule has 7 nitrogen and oxygen atoms in total. The molecule has 0 atom stereocenters. The molecule has 0 aromatic carbocycles. The van der Waals surface area contributed by atoms with Crippen LogP contribution in [0.25, 0.3) is 0 Å². The fourth-order valence-electron chi connectivity index (χ4n) is 1.88. The SMILES string of the molecule is CN1CCN(NC(=O)C(=O)NCc2ccncc2)CC1. The molecule has 2 heterocycles. The minimum absolute atomic E-state index is 0.317. The molecule has 1 saturated heterocycles. The molecule has 0 aliphatic carbocycles. The summed E-state index contributed by atoms with van der Waals surface area (Å²) in [6.07, 6.45) is 3.29. The van der Waals surface area contributed by atoms with Gasteiger partial charge in [-0.2, -0.15) is 0 Å². The lowest BCUT2D eigenvalue weighted by Gasteiger charge is -2.32. The van der Waals surface area contributed by atoms with E-state index in [1.807, 2.05) is 7.05 Å². The van der Waals surface area contributed by atoms with Gasteiger partial charge in [0.05, 0.1) is 0 Å². The van der Waals surface area contributed by atoms with Crippen LogP contribution >= 0.6 is 0 Å². The Balaban J connectivity index is 1.73. The summed E-state index contributed by atoms with van der Waals surface area (Å²) in [5.41, 5.74) is 3.52. The van der Waals surface area contributed by atoms with Gasteiger partial charge in [0.1, 0.15) is 0 Å². The van der Waals surface area contributed by atoms with Crippen molar-refractivity contribution in [2.75, 3.05) is 33.2 Å². The highest BCUT2D eigenvalue weighted by Crippen LogP contribution is 1.96. The second-order valence-electron chi connectivity index (χ2n) is 4.77. The highest BCUT2D eigenvalue weighted by Gasteiger charge is 2.19. The number of carbonyl (C=O) groups excluding carboxylic acids is 2. The number of hydrazine groups is 1. The van der Waals surface area contributed by atoms with Crippen LogP contribution in [0.15, 0.2) is 24.5 Å². The first-order chi connectivity index (χ1) is 9.65. The predicted octanol–water partition coefficient (Wildman–Crippen LogP) is -1.02. The summed E-state index contributed by atoms with van der Waals surface area (Å²) in [5.74, 6) is -1.25. The van der Waals surface area contributed by atoms with Gasteiger partial charge in [-0.1, -0.05) is 0 Å². The molecule has 0 bridgehead atoms. The van der Waals surface area contributed by atoms with E-state index in [-0.39, 0.29) is 0 Å². The normalized spacial score (nSPS) is 16.6. The van der Waals surface area contributed by atoms with E-state index in [4.69, 9.17) is 0 Å². The Bertz CT molecular complexity index is 457. The molecule has 0 spiro atoms. The zero-order chi connectivity index (χ0) is 14.4. The second-order valence-corrected chi connectivity index (χ2v) is 4.77. The van der Waals surface area contributed by atoms with E-state index in [0.29, 0.717) is 6.54 Å². The number of rotatable bonds is 3. The van der Waals surface area contributed by atoms with E-state index < -0.39 is 11.8 Å². The molecule has 1 aliphatic rings. The summed E-state index contributed by atoms with van der Waals surface area (Å²) < 4.78 is 0. The van der Waals surface area contributed by atoms with Crippen molar-refractivity contribution < 1.29 is 9.59 Å². The van der Waals surface area contributed by atoms with E-state index in [2.05, 4.69) is 20.6 Å². The van der Waals surface area contributed by atoms with Crippen molar-refractivity contribution in [2.24, 2.45) is 0 Å². The molecular weight excluding hydrogens is 258 g/mol. The Morgan fingerprint density at radius 2 is 1.80 bits per heavy atom. The Labute approximate surface area is 117 Å². The minimum atomic E-state index is -0.624. The molecular formula is C13H19N5O2. The van der Waals surface area contributed by atoms with Gasteiger partial charge in [-0.25, -0.2) is 5.01 Å². The number of pyridine rings is 1. The Hall–Kier alpha value is -1.99. The van der Waals surface area contributed by atoms with Crippen LogP contribution in [0.3, 0.4) is 0 Å². The van der Waals surface area contributed by atoms with Crippen LogP contribution in [-0.4, -0.2) is 59.9 Å². The number of aromatic nitrogens is 1. The second kappa shape index (κ2) is 6.97. The number of carbonyl (C=O) groups is 2. The molecule has 0 saturated carbocycles. The lowest BCUT2D eigenvalue weighted by Crippen LogP contribution is -2.55. The minimum Gasteiger partial charge on any atom is -0.344 e. The molecule has 1 fully saturated rings. The Morgan fingerprint density at radius 1 is 1.15 bits per heavy atom. The van der Waals surface area contributed by atoms with Gasteiger partial charge in [0.2, 0.25) is 0 Å². The summed E-state index contributed by atoms with van der Waals surface area (Å²) in [4.78, 5) is 29.5. The van der Waals surface area contributed by atoms with Gasteiger partial charge >= 0.3 is 11.8 Å². The predicted molar refractivity (Wildman–Crippen MR) is 73.3 cm³/mol. The molecule has 1 aromatic heterocycles. The van der Waals surface area contributed by atoms with Crippen LogP contribution < -0.4 is 10.7 Å². The lowest BCUT2D eigenvalue weighted by molar-refractivity contribution is -0.142. The number of nitrogens with one attached hydrogen (secondary N) is 2. The van der Waals surface area contributed by atoms with Crippen molar-refractivity contribution >= 4 is 11.8 Å². The first-order valence-corrected chi connectivity index (χ1v) is 6.56. The maximum absolute atomic E-state index is 11.7. The van der Waals surface area contributed by atoms with Crippen LogP contribution in [0, 0.1) is 0 Å². The Kier molecular flexibility index (Phi) is 5.03. The highest BCUT2D eigenvalue weighted by atomic mass is 16.2. The van der Waals surface area contributed by atoms with Gasteiger partial charge in [-0.3, -0.25) is 20.0 Å². The van der Waals surface area contributed by atoms with Gasteiger partial charge in [-0.05, 0) is 24.7 Å². The van der Waals surface area contributed by atoms with E-state index >= 15 is 0 Å². The monoisotopic (exact) mass is 277 g/mol. The number of hydrogen-bond acceptors (Lipinski definition) is 5. The zero-order valence-electron chi connectivity index (χ0n) is 11.5. The number of hydrogen-bond donors (Lipinski definition) is 2. The summed E-state index contributed by atoms with van der Waals surface area (Å²) in [5, 5.41) is 4.35. The molecule has 1 aliphatic heterocycles. The number of piperazine rings is 1. The molecule has 2 rings (SSSR count). The number of nitrogens with zero attached hydrogens (tertiary/aromatic N) is 3.